The number of aliphatic hydroxyl groups is 1. The number of aliphatic hydroxyl groups excluding tert-OH is 1. The Morgan fingerprint density at radius 1 is 1.15 bits per heavy atom. The lowest BCUT2D eigenvalue weighted by molar-refractivity contribution is 0.00337. The van der Waals surface area contributed by atoms with Gasteiger partial charge in [-0.3, -0.25) is 0 Å². The number of halogens is 1. The van der Waals surface area contributed by atoms with Crippen LogP contribution in [0.15, 0.2) is 48.5 Å². The molecule has 0 heterocycles. The Morgan fingerprint density at radius 3 is 2.60 bits per heavy atom. The van der Waals surface area contributed by atoms with Gasteiger partial charge in [0.1, 0.15) is 11.6 Å². The van der Waals surface area contributed by atoms with Gasteiger partial charge in [-0.1, -0.05) is 30.3 Å². The molecule has 106 valence electrons. The Balaban J connectivity index is 1.88. The molecule has 0 saturated heterocycles. The van der Waals surface area contributed by atoms with Crippen molar-refractivity contribution in [3.8, 4) is 5.75 Å². The van der Waals surface area contributed by atoms with Crippen molar-refractivity contribution in [1.82, 2.24) is 0 Å². The molecule has 0 radical (unpaired) electrons. The van der Waals surface area contributed by atoms with Crippen molar-refractivity contribution in [2.24, 2.45) is 0 Å². The van der Waals surface area contributed by atoms with Gasteiger partial charge in [-0.2, -0.15) is 0 Å². The summed E-state index contributed by atoms with van der Waals surface area (Å²) in [6.45, 7) is 2.04. The molecule has 1 N–H and O–H groups in total. The molecule has 3 nitrogen and oxygen atoms in total. The maximum absolute atomic E-state index is 13.1. The van der Waals surface area contributed by atoms with Crippen molar-refractivity contribution in [2.45, 2.75) is 19.6 Å². The monoisotopic (exact) mass is 276 g/mol. The summed E-state index contributed by atoms with van der Waals surface area (Å²) in [5.74, 6) is 0.0212. The Labute approximate surface area is 117 Å². The molecular formula is C16H17FO3. The summed E-state index contributed by atoms with van der Waals surface area (Å²) in [7, 11) is 0. The van der Waals surface area contributed by atoms with Crippen LogP contribution >= 0.6 is 0 Å². The van der Waals surface area contributed by atoms with Crippen LogP contribution in [0.2, 0.25) is 0 Å². The van der Waals surface area contributed by atoms with Crippen LogP contribution in [0, 0.1) is 5.82 Å². The van der Waals surface area contributed by atoms with E-state index in [0.717, 1.165) is 5.56 Å². The highest BCUT2D eigenvalue weighted by atomic mass is 19.1. The Bertz CT molecular complexity index is 541. The van der Waals surface area contributed by atoms with E-state index in [9.17, 15) is 9.50 Å². The summed E-state index contributed by atoms with van der Waals surface area (Å²) in [5.41, 5.74) is 1.46. The molecule has 1 atom stereocenters. The quantitative estimate of drug-likeness (QED) is 0.649. The molecule has 2 aromatic carbocycles. The highest BCUT2D eigenvalue weighted by molar-refractivity contribution is 5.35. The minimum absolute atomic E-state index is 0.0419. The van der Waals surface area contributed by atoms with E-state index in [2.05, 4.69) is 0 Å². The van der Waals surface area contributed by atoms with Crippen LogP contribution in [-0.2, 0) is 11.3 Å². The van der Waals surface area contributed by atoms with E-state index in [1.54, 1.807) is 6.92 Å². The van der Waals surface area contributed by atoms with E-state index in [0.29, 0.717) is 17.9 Å². The molecule has 0 aliphatic carbocycles. The van der Waals surface area contributed by atoms with Gasteiger partial charge in [0.2, 0.25) is 0 Å². The normalized spacial score (nSPS) is 12.2. The first-order valence-electron chi connectivity index (χ1n) is 6.39. The van der Waals surface area contributed by atoms with Crippen molar-refractivity contribution in [3.05, 3.63) is 65.5 Å². The predicted molar refractivity (Wildman–Crippen MR) is 73.8 cm³/mol. The van der Waals surface area contributed by atoms with Gasteiger partial charge in [-0.15, -0.1) is 0 Å². The first-order chi connectivity index (χ1) is 9.66. The molecule has 0 aliphatic rings. The SMILES string of the molecule is C[C@@H](O)c1cc(F)ccc1OCOCc1ccccc1. The van der Waals surface area contributed by atoms with E-state index in [4.69, 9.17) is 9.47 Å². The molecule has 0 spiro atoms. The molecular weight excluding hydrogens is 259 g/mol. The Kier molecular flexibility index (Phi) is 5.09. The Morgan fingerprint density at radius 2 is 1.90 bits per heavy atom. The summed E-state index contributed by atoms with van der Waals surface area (Å²) < 4.78 is 23.9. The van der Waals surface area contributed by atoms with Crippen LogP contribution < -0.4 is 4.74 Å². The van der Waals surface area contributed by atoms with Gasteiger partial charge < -0.3 is 14.6 Å². The van der Waals surface area contributed by atoms with Gasteiger partial charge in [0.05, 0.1) is 12.7 Å². The highest BCUT2D eigenvalue weighted by Gasteiger charge is 2.10. The number of benzene rings is 2. The van der Waals surface area contributed by atoms with E-state index in [-0.39, 0.29) is 6.79 Å². The number of hydrogen-bond donors (Lipinski definition) is 1. The van der Waals surface area contributed by atoms with Gasteiger partial charge in [-0.25, -0.2) is 4.39 Å². The van der Waals surface area contributed by atoms with Gasteiger partial charge in [0, 0.05) is 5.56 Å². The largest absolute Gasteiger partial charge is 0.467 e. The number of ether oxygens (including phenoxy) is 2. The second-order valence-electron chi connectivity index (χ2n) is 4.45. The second kappa shape index (κ2) is 7.03. The second-order valence-corrected chi connectivity index (χ2v) is 4.45. The minimum atomic E-state index is -0.796. The molecule has 0 saturated carbocycles. The van der Waals surface area contributed by atoms with Crippen molar-refractivity contribution in [1.29, 1.82) is 0 Å². The zero-order valence-corrected chi connectivity index (χ0v) is 11.3. The fourth-order valence-corrected chi connectivity index (χ4v) is 1.82. The van der Waals surface area contributed by atoms with Gasteiger partial charge in [0.15, 0.2) is 6.79 Å². The summed E-state index contributed by atoms with van der Waals surface area (Å²) in [5, 5.41) is 9.58. The number of rotatable bonds is 6. The minimum Gasteiger partial charge on any atom is -0.467 e. The van der Waals surface area contributed by atoms with Crippen molar-refractivity contribution in [3.63, 3.8) is 0 Å². The third-order valence-electron chi connectivity index (χ3n) is 2.83. The van der Waals surface area contributed by atoms with E-state index in [1.165, 1.54) is 18.2 Å². The highest BCUT2D eigenvalue weighted by Crippen LogP contribution is 2.25. The third kappa shape index (κ3) is 4.05. The van der Waals surface area contributed by atoms with Gasteiger partial charge in [-0.05, 0) is 30.7 Å². The van der Waals surface area contributed by atoms with Gasteiger partial charge in [0.25, 0.3) is 0 Å². The molecule has 2 aromatic rings. The van der Waals surface area contributed by atoms with Crippen molar-refractivity contribution in [2.75, 3.05) is 6.79 Å². The first-order valence-corrected chi connectivity index (χ1v) is 6.39. The molecule has 20 heavy (non-hydrogen) atoms. The van der Waals surface area contributed by atoms with E-state index < -0.39 is 11.9 Å². The molecule has 0 aliphatic heterocycles. The van der Waals surface area contributed by atoms with Crippen LogP contribution in [-0.4, -0.2) is 11.9 Å². The van der Waals surface area contributed by atoms with E-state index >= 15 is 0 Å². The summed E-state index contributed by atoms with van der Waals surface area (Å²) in [6.07, 6.45) is -0.796. The summed E-state index contributed by atoms with van der Waals surface area (Å²) in [4.78, 5) is 0. The van der Waals surface area contributed by atoms with Crippen LogP contribution in [0.4, 0.5) is 4.39 Å². The topological polar surface area (TPSA) is 38.7 Å². The fraction of sp³-hybridized carbons (Fsp3) is 0.250. The zero-order chi connectivity index (χ0) is 14.4. The smallest absolute Gasteiger partial charge is 0.189 e. The molecule has 0 bridgehead atoms. The standard InChI is InChI=1S/C16H17FO3/c1-12(18)15-9-14(17)7-8-16(15)20-11-19-10-13-5-3-2-4-6-13/h2-9,12,18H,10-11H2,1H3/t12-/m1/s1. The lowest BCUT2D eigenvalue weighted by Gasteiger charge is -2.13. The summed E-state index contributed by atoms with van der Waals surface area (Å²) in [6, 6.07) is 13.8. The maximum atomic E-state index is 13.1. The number of hydrogen-bond acceptors (Lipinski definition) is 3. The van der Waals surface area contributed by atoms with Crippen LogP contribution in [0.1, 0.15) is 24.2 Å². The molecule has 0 amide bonds. The average molecular weight is 276 g/mol. The predicted octanol–water partition coefficient (Wildman–Crippen LogP) is 3.43. The lowest BCUT2D eigenvalue weighted by atomic mass is 10.1. The fourth-order valence-electron chi connectivity index (χ4n) is 1.82. The molecule has 0 fully saturated rings. The van der Waals surface area contributed by atoms with Crippen molar-refractivity contribution < 1.29 is 19.0 Å². The Hall–Kier alpha value is -1.91. The zero-order valence-electron chi connectivity index (χ0n) is 11.3. The van der Waals surface area contributed by atoms with Crippen LogP contribution in [0.3, 0.4) is 0 Å². The van der Waals surface area contributed by atoms with Crippen LogP contribution in [0.25, 0.3) is 0 Å². The molecule has 0 aromatic heterocycles. The maximum Gasteiger partial charge on any atom is 0.189 e. The average Bonchev–Trinajstić information content (AvgIpc) is 2.45. The van der Waals surface area contributed by atoms with Crippen molar-refractivity contribution >= 4 is 0 Å². The summed E-state index contributed by atoms with van der Waals surface area (Å²) >= 11 is 0. The lowest BCUT2D eigenvalue weighted by Crippen LogP contribution is -2.06. The van der Waals surface area contributed by atoms with E-state index in [1.807, 2.05) is 30.3 Å². The van der Waals surface area contributed by atoms with Gasteiger partial charge >= 0.3 is 0 Å². The van der Waals surface area contributed by atoms with Crippen LogP contribution in [0.5, 0.6) is 5.75 Å². The third-order valence-corrected chi connectivity index (χ3v) is 2.83. The first kappa shape index (κ1) is 14.5. The molecule has 0 unspecified atom stereocenters. The molecule has 2 rings (SSSR count). The molecule has 4 heteroatoms.